The summed E-state index contributed by atoms with van der Waals surface area (Å²) in [6.07, 6.45) is 0.942. The van der Waals surface area contributed by atoms with Crippen molar-refractivity contribution in [3.8, 4) is 0 Å². The van der Waals surface area contributed by atoms with Crippen molar-refractivity contribution in [2.24, 2.45) is 11.3 Å². The number of hydrogen-bond acceptors (Lipinski definition) is 3. The maximum Gasteiger partial charge on any atom is 0.321 e. The Kier molecular flexibility index (Phi) is 6.03. The second-order valence-electron chi connectivity index (χ2n) is 6.79. The molecule has 0 spiro atoms. The Labute approximate surface area is 131 Å². The Morgan fingerprint density at radius 3 is 1.91 bits per heavy atom. The summed E-state index contributed by atoms with van der Waals surface area (Å²) in [4.78, 5) is 35.7. The van der Waals surface area contributed by atoms with Gasteiger partial charge in [-0.15, -0.1) is 0 Å². The largest absolute Gasteiger partial charge is 0.480 e. The van der Waals surface area contributed by atoms with Crippen molar-refractivity contribution in [2.75, 3.05) is 0 Å². The SMILES string of the molecule is CCc1ccc(CC(=O)C(C(=O)O)C(=O)CC(C)(C)C)cc1. The smallest absolute Gasteiger partial charge is 0.321 e. The van der Waals surface area contributed by atoms with E-state index in [1.54, 1.807) is 0 Å². The van der Waals surface area contributed by atoms with Gasteiger partial charge in [0.15, 0.2) is 17.5 Å². The molecule has 0 heterocycles. The molecule has 0 bridgehead atoms. The third-order valence-corrected chi connectivity index (χ3v) is 3.41. The summed E-state index contributed by atoms with van der Waals surface area (Å²) in [6.45, 7) is 7.57. The van der Waals surface area contributed by atoms with Gasteiger partial charge in [-0.05, 0) is 23.0 Å². The lowest BCUT2D eigenvalue weighted by atomic mass is 9.83. The Morgan fingerprint density at radius 2 is 1.50 bits per heavy atom. The van der Waals surface area contributed by atoms with Gasteiger partial charge in [0, 0.05) is 12.8 Å². The number of aryl methyl sites for hydroxylation is 1. The van der Waals surface area contributed by atoms with Crippen LogP contribution in [0.3, 0.4) is 0 Å². The number of ketones is 2. The second-order valence-corrected chi connectivity index (χ2v) is 6.79. The Bertz CT molecular complexity index is 549. The molecule has 4 heteroatoms. The molecule has 4 nitrogen and oxygen atoms in total. The number of Topliss-reactive ketones (excluding diaryl/α,β-unsaturated/α-hetero) is 2. The zero-order valence-electron chi connectivity index (χ0n) is 13.7. The van der Waals surface area contributed by atoms with Gasteiger partial charge in [-0.1, -0.05) is 52.0 Å². The fourth-order valence-corrected chi connectivity index (χ4v) is 2.28. The summed E-state index contributed by atoms with van der Waals surface area (Å²) in [5, 5.41) is 9.23. The van der Waals surface area contributed by atoms with Gasteiger partial charge >= 0.3 is 5.97 Å². The number of carboxylic acid groups (broad SMARTS) is 1. The van der Waals surface area contributed by atoms with Crippen molar-refractivity contribution in [1.29, 1.82) is 0 Å². The van der Waals surface area contributed by atoms with Crippen LogP contribution in [0.4, 0.5) is 0 Å². The van der Waals surface area contributed by atoms with E-state index in [1.165, 1.54) is 0 Å². The molecule has 0 aliphatic rings. The standard InChI is InChI=1S/C18H24O4/c1-5-12-6-8-13(9-7-12)10-14(19)16(17(21)22)15(20)11-18(2,3)4/h6-9,16H,5,10-11H2,1-4H3,(H,21,22). The predicted molar refractivity (Wildman–Crippen MR) is 84.7 cm³/mol. The van der Waals surface area contributed by atoms with E-state index >= 15 is 0 Å². The lowest BCUT2D eigenvalue weighted by Gasteiger charge is -2.19. The van der Waals surface area contributed by atoms with E-state index in [4.69, 9.17) is 0 Å². The van der Waals surface area contributed by atoms with E-state index in [2.05, 4.69) is 0 Å². The van der Waals surface area contributed by atoms with Crippen molar-refractivity contribution in [3.05, 3.63) is 35.4 Å². The van der Waals surface area contributed by atoms with Crippen LogP contribution in [-0.4, -0.2) is 22.6 Å². The van der Waals surface area contributed by atoms with Gasteiger partial charge in [0.25, 0.3) is 0 Å². The first-order valence-electron chi connectivity index (χ1n) is 7.50. The fraction of sp³-hybridized carbons (Fsp3) is 0.500. The van der Waals surface area contributed by atoms with Gasteiger partial charge in [0.1, 0.15) is 0 Å². The predicted octanol–water partition coefficient (Wildman–Crippen LogP) is 3.07. The summed E-state index contributed by atoms with van der Waals surface area (Å²) in [5.74, 6) is -3.99. The monoisotopic (exact) mass is 304 g/mol. The first-order valence-corrected chi connectivity index (χ1v) is 7.50. The van der Waals surface area contributed by atoms with Crippen LogP contribution in [0.2, 0.25) is 0 Å². The van der Waals surface area contributed by atoms with E-state index < -0.39 is 23.5 Å². The van der Waals surface area contributed by atoms with E-state index in [9.17, 15) is 19.5 Å². The molecule has 0 radical (unpaired) electrons. The molecular weight excluding hydrogens is 280 g/mol. The van der Waals surface area contributed by atoms with Crippen LogP contribution in [0.25, 0.3) is 0 Å². The molecule has 1 atom stereocenters. The molecular formula is C18H24O4. The van der Waals surface area contributed by atoms with Crippen LogP contribution >= 0.6 is 0 Å². The quantitative estimate of drug-likeness (QED) is 0.786. The van der Waals surface area contributed by atoms with Gasteiger partial charge in [-0.3, -0.25) is 14.4 Å². The highest BCUT2D eigenvalue weighted by atomic mass is 16.4. The molecule has 1 N–H and O–H groups in total. The van der Waals surface area contributed by atoms with Crippen molar-refractivity contribution < 1.29 is 19.5 Å². The lowest BCUT2D eigenvalue weighted by molar-refractivity contribution is -0.150. The number of rotatable bonds is 7. The number of carbonyl (C=O) groups excluding carboxylic acids is 2. The van der Waals surface area contributed by atoms with Gasteiger partial charge in [-0.2, -0.15) is 0 Å². The average molecular weight is 304 g/mol. The topological polar surface area (TPSA) is 71.4 Å². The molecule has 0 fully saturated rings. The summed E-state index contributed by atoms with van der Waals surface area (Å²) in [6, 6.07) is 7.44. The molecule has 0 aromatic heterocycles. The highest BCUT2D eigenvalue weighted by Gasteiger charge is 2.35. The zero-order valence-corrected chi connectivity index (χ0v) is 13.7. The van der Waals surface area contributed by atoms with Crippen molar-refractivity contribution >= 4 is 17.5 Å². The summed E-state index contributed by atoms with van der Waals surface area (Å²) in [7, 11) is 0. The Hall–Kier alpha value is -1.97. The molecule has 1 aromatic carbocycles. The van der Waals surface area contributed by atoms with Crippen LogP contribution in [0.5, 0.6) is 0 Å². The zero-order chi connectivity index (χ0) is 16.9. The average Bonchev–Trinajstić information content (AvgIpc) is 2.36. The molecule has 120 valence electrons. The van der Waals surface area contributed by atoms with Crippen LogP contribution in [-0.2, 0) is 27.2 Å². The van der Waals surface area contributed by atoms with Gasteiger partial charge < -0.3 is 5.11 Å². The lowest BCUT2D eigenvalue weighted by Crippen LogP contribution is -2.34. The van der Waals surface area contributed by atoms with E-state index in [0.717, 1.165) is 17.5 Å². The Balaban J connectivity index is 2.85. The second kappa shape index (κ2) is 7.34. The summed E-state index contributed by atoms with van der Waals surface area (Å²) in [5.41, 5.74) is 1.54. The van der Waals surface area contributed by atoms with Crippen molar-refractivity contribution in [3.63, 3.8) is 0 Å². The van der Waals surface area contributed by atoms with Crippen LogP contribution in [0, 0.1) is 11.3 Å². The van der Waals surface area contributed by atoms with Crippen molar-refractivity contribution in [2.45, 2.75) is 47.0 Å². The molecule has 1 aromatic rings. The molecule has 0 aliphatic heterocycles. The maximum absolute atomic E-state index is 12.2. The van der Waals surface area contributed by atoms with Crippen molar-refractivity contribution in [1.82, 2.24) is 0 Å². The fourth-order valence-electron chi connectivity index (χ4n) is 2.28. The number of benzene rings is 1. The minimum absolute atomic E-state index is 0.0309. The number of carbonyl (C=O) groups is 3. The first kappa shape index (κ1) is 18.1. The molecule has 0 aliphatic carbocycles. The highest BCUT2D eigenvalue weighted by Crippen LogP contribution is 2.22. The number of hydrogen-bond donors (Lipinski definition) is 1. The molecule has 1 rings (SSSR count). The molecule has 22 heavy (non-hydrogen) atoms. The number of carboxylic acids is 1. The minimum Gasteiger partial charge on any atom is -0.480 e. The molecule has 0 saturated heterocycles. The van der Waals surface area contributed by atoms with E-state index in [0.29, 0.717) is 0 Å². The number of aliphatic carboxylic acids is 1. The van der Waals surface area contributed by atoms with E-state index in [1.807, 2.05) is 52.0 Å². The summed E-state index contributed by atoms with van der Waals surface area (Å²) < 4.78 is 0. The Morgan fingerprint density at radius 1 is 1.00 bits per heavy atom. The third-order valence-electron chi connectivity index (χ3n) is 3.41. The molecule has 0 amide bonds. The normalized spacial score (nSPS) is 12.7. The summed E-state index contributed by atoms with van der Waals surface area (Å²) >= 11 is 0. The van der Waals surface area contributed by atoms with Gasteiger partial charge in [0.2, 0.25) is 0 Å². The molecule has 0 saturated carbocycles. The van der Waals surface area contributed by atoms with E-state index in [-0.39, 0.29) is 18.3 Å². The van der Waals surface area contributed by atoms with Crippen LogP contribution < -0.4 is 0 Å². The molecule has 1 unspecified atom stereocenters. The van der Waals surface area contributed by atoms with Gasteiger partial charge in [0.05, 0.1) is 0 Å². The first-order chi connectivity index (χ1) is 10.1. The maximum atomic E-state index is 12.2. The third kappa shape index (κ3) is 5.43. The van der Waals surface area contributed by atoms with Crippen LogP contribution in [0.15, 0.2) is 24.3 Å². The highest BCUT2D eigenvalue weighted by molar-refractivity contribution is 6.17. The van der Waals surface area contributed by atoms with Gasteiger partial charge in [-0.25, -0.2) is 0 Å². The van der Waals surface area contributed by atoms with Crippen LogP contribution in [0.1, 0.15) is 45.2 Å². The minimum atomic E-state index is -1.56.